The van der Waals surface area contributed by atoms with Crippen molar-refractivity contribution in [1.29, 1.82) is 0 Å². The lowest BCUT2D eigenvalue weighted by molar-refractivity contribution is 0.330. The lowest BCUT2D eigenvalue weighted by Gasteiger charge is -2.18. The van der Waals surface area contributed by atoms with Crippen molar-refractivity contribution in [3.05, 3.63) is 82.8 Å². The van der Waals surface area contributed by atoms with E-state index in [0.29, 0.717) is 6.61 Å². The van der Waals surface area contributed by atoms with Crippen molar-refractivity contribution >= 4 is 5.82 Å². The summed E-state index contributed by atoms with van der Waals surface area (Å²) in [5.41, 5.74) is 6.30. The number of fused-ring (bicyclic) bond motifs is 1. The van der Waals surface area contributed by atoms with Crippen molar-refractivity contribution in [3.63, 3.8) is 0 Å². The van der Waals surface area contributed by atoms with Crippen LogP contribution in [-0.4, -0.2) is 23.1 Å². The third kappa shape index (κ3) is 4.50. The molecule has 1 aliphatic rings. The first kappa shape index (κ1) is 18.5. The van der Waals surface area contributed by atoms with E-state index < -0.39 is 0 Å². The van der Waals surface area contributed by atoms with Crippen molar-refractivity contribution in [2.45, 2.75) is 39.0 Å². The van der Waals surface area contributed by atoms with E-state index in [9.17, 15) is 0 Å². The topological polar surface area (TPSA) is 47.0 Å². The van der Waals surface area contributed by atoms with Crippen LogP contribution in [0.5, 0.6) is 5.75 Å². The number of ether oxygens (including phenoxy) is 1. The van der Waals surface area contributed by atoms with Gasteiger partial charge >= 0.3 is 0 Å². The number of benzene rings is 2. The van der Waals surface area contributed by atoms with Crippen molar-refractivity contribution in [3.8, 4) is 5.75 Å². The predicted octanol–water partition coefficient (Wildman–Crippen LogP) is 4.75. The molecule has 0 amide bonds. The van der Waals surface area contributed by atoms with Crippen LogP contribution in [0.25, 0.3) is 0 Å². The zero-order chi connectivity index (χ0) is 19.2. The number of hydrogen-bond acceptors (Lipinski definition) is 4. The number of aromatic nitrogens is 2. The van der Waals surface area contributed by atoms with E-state index in [0.717, 1.165) is 37.4 Å². The molecule has 3 aromatic rings. The maximum absolute atomic E-state index is 6.00. The van der Waals surface area contributed by atoms with E-state index >= 15 is 0 Å². The van der Waals surface area contributed by atoms with Crippen LogP contribution < -0.4 is 10.1 Å². The number of aryl methyl sites for hydroxylation is 2. The maximum atomic E-state index is 6.00. The molecule has 144 valence electrons. The summed E-state index contributed by atoms with van der Waals surface area (Å²) in [4.78, 5) is 8.85. The second-order valence-corrected chi connectivity index (χ2v) is 7.39. The highest BCUT2D eigenvalue weighted by Crippen LogP contribution is 2.24. The van der Waals surface area contributed by atoms with Gasteiger partial charge in [-0.2, -0.15) is 0 Å². The fourth-order valence-corrected chi connectivity index (χ4v) is 3.82. The summed E-state index contributed by atoms with van der Waals surface area (Å²) in [6.45, 7) is 3.45. The molecule has 0 bridgehead atoms. The van der Waals surface area contributed by atoms with E-state index in [1.54, 1.807) is 6.33 Å². The SMILES string of the molecule is Cc1cc(Cc2ccccc2)ccc1OCCNc1ncnc2c1CCCC2. The Balaban J connectivity index is 1.31. The largest absolute Gasteiger partial charge is 0.491 e. The lowest BCUT2D eigenvalue weighted by atomic mass is 9.96. The molecule has 1 aliphatic carbocycles. The van der Waals surface area contributed by atoms with E-state index in [1.807, 2.05) is 0 Å². The Labute approximate surface area is 167 Å². The van der Waals surface area contributed by atoms with Gasteiger partial charge < -0.3 is 10.1 Å². The van der Waals surface area contributed by atoms with Crippen LogP contribution in [0.1, 0.15) is 40.8 Å². The van der Waals surface area contributed by atoms with Gasteiger partial charge in [-0.15, -0.1) is 0 Å². The van der Waals surface area contributed by atoms with Crippen LogP contribution in [-0.2, 0) is 19.3 Å². The molecule has 4 rings (SSSR count). The second kappa shape index (κ2) is 8.87. The maximum Gasteiger partial charge on any atom is 0.132 e. The van der Waals surface area contributed by atoms with Gasteiger partial charge in [0.05, 0.1) is 6.54 Å². The average Bonchev–Trinajstić information content (AvgIpc) is 2.73. The van der Waals surface area contributed by atoms with Gasteiger partial charge in [-0.1, -0.05) is 42.5 Å². The Bertz CT molecular complexity index is 924. The summed E-state index contributed by atoms with van der Waals surface area (Å²) >= 11 is 0. The van der Waals surface area contributed by atoms with Crippen LogP contribution in [0.4, 0.5) is 5.82 Å². The monoisotopic (exact) mass is 373 g/mol. The summed E-state index contributed by atoms with van der Waals surface area (Å²) in [7, 11) is 0. The van der Waals surface area contributed by atoms with Gasteiger partial charge in [0.25, 0.3) is 0 Å². The molecule has 4 heteroatoms. The van der Waals surface area contributed by atoms with E-state index in [-0.39, 0.29) is 0 Å². The average molecular weight is 374 g/mol. The summed E-state index contributed by atoms with van der Waals surface area (Å²) in [6, 6.07) is 17.0. The number of anilines is 1. The van der Waals surface area contributed by atoms with E-state index in [1.165, 1.54) is 40.8 Å². The smallest absolute Gasteiger partial charge is 0.132 e. The van der Waals surface area contributed by atoms with Crippen molar-refractivity contribution in [2.75, 3.05) is 18.5 Å². The molecule has 0 spiro atoms. The molecule has 0 saturated heterocycles. The fraction of sp³-hybridized carbons (Fsp3) is 0.333. The molecule has 0 radical (unpaired) electrons. The highest BCUT2D eigenvalue weighted by molar-refractivity contribution is 5.47. The first-order chi connectivity index (χ1) is 13.8. The minimum absolute atomic E-state index is 0.609. The number of hydrogen-bond donors (Lipinski definition) is 1. The third-order valence-electron chi connectivity index (χ3n) is 5.27. The molecule has 0 unspecified atom stereocenters. The summed E-state index contributed by atoms with van der Waals surface area (Å²) in [6.07, 6.45) is 7.20. The zero-order valence-electron chi connectivity index (χ0n) is 16.4. The Morgan fingerprint density at radius 1 is 0.964 bits per heavy atom. The van der Waals surface area contributed by atoms with E-state index in [2.05, 4.69) is 70.7 Å². The molecular weight excluding hydrogens is 346 g/mol. The molecule has 1 N–H and O–H groups in total. The standard InChI is InChI=1S/C24H27N3O/c1-18-15-20(16-19-7-3-2-4-8-19)11-12-23(18)28-14-13-25-24-21-9-5-6-10-22(21)26-17-27-24/h2-4,7-8,11-12,15,17H,5-6,9-10,13-14,16H2,1H3,(H,25,26,27). The Morgan fingerprint density at radius 3 is 2.68 bits per heavy atom. The molecule has 4 nitrogen and oxygen atoms in total. The van der Waals surface area contributed by atoms with Gasteiger partial charge in [0.1, 0.15) is 24.5 Å². The van der Waals surface area contributed by atoms with Crippen LogP contribution >= 0.6 is 0 Å². The Kier molecular flexibility index (Phi) is 5.86. The quantitative estimate of drug-likeness (QED) is 0.608. The molecule has 1 heterocycles. The van der Waals surface area contributed by atoms with Gasteiger partial charge in [0, 0.05) is 11.3 Å². The molecule has 0 fully saturated rings. The molecule has 0 atom stereocenters. The summed E-state index contributed by atoms with van der Waals surface area (Å²) < 4.78 is 6.00. The van der Waals surface area contributed by atoms with Gasteiger partial charge in [-0.25, -0.2) is 9.97 Å². The zero-order valence-corrected chi connectivity index (χ0v) is 16.4. The van der Waals surface area contributed by atoms with Gasteiger partial charge in [-0.3, -0.25) is 0 Å². The van der Waals surface area contributed by atoms with Crippen molar-refractivity contribution in [2.24, 2.45) is 0 Å². The lowest BCUT2D eigenvalue weighted by Crippen LogP contribution is -2.16. The molecule has 0 aliphatic heterocycles. The Morgan fingerprint density at radius 2 is 1.82 bits per heavy atom. The van der Waals surface area contributed by atoms with Crippen LogP contribution in [0, 0.1) is 6.92 Å². The van der Waals surface area contributed by atoms with Crippen LogP contribution in [0.3, 0.4) is 0 Å². The second-order valence-electron chi connectivity index (χ2n) is 7.39. The van der Waals surface area contributed by atoms with Crippen molar-refractivity contribution in [1.82, 2.24) is 9.97 Å². The van der Waals surface area contributed by atoms with Crippen molar-refractivity contribution < 1.29 is 4.74 Å². The van der Waals surface area contributed by atoms with Gasteiger partial charge in [0.15, 0.2) is 0 Å². The number of nitrogens with zero attached hydrogens (tertiary/aromatic N) is 2. The molecule has 2 aromatic carbocycles. The van der Waals surface area contributed by atoms with Gasteiger partial charge in [0.2, 0.25) is 0 Å². The third-order valence-corrected chi connectivity index (χ3v) is 5.27. The normalized spacial score (nSPS) is 13.0. The highest BCUT2D eigenvalue weighted by atomic mass is 16.5. The fourth-order valence-electron chi connectivity index (χ4n) is 3.82. The minimum Gasteiger partial charge on any atom is -0.491 e. The number of rotatable bonds is 7. The minimum atomic E-state index is 0.609. The molecule has 1 aromatic heterocycles. The predicted molar refractivity (Wildman–Crippen MR) is 113 cm³/mol. The summed E-state index contributed by atoms with van der Waals surface area (Å²) in [5, 5.41) is 3.43. The first-order valence-corrected chi connectivity index (χ1v) is 10.1. The molecular formula is C24H27N3O. The first-order valence-electron chi connectivity index (χ1n) is 10.1. The van der Waals surface area contributed by atoms with Crippen LogP contribution in [0.2, 0.25) is 0 Å². The van der Waals surface area contributed by atoms with Gasteiger partial charge in [-0.05, 0) is 61.8 Å². The van der Waals surface area contributed by atoms with Crippen LogP contribution in [0.15, 0.2) is 54.9 Å². The highest BCUT2D eigenvalue weighted by Gasteiger charge is 2.15. The molecule has 0 saturated carbocycles. The Hall–Kier alpha value is -2.88. The number of nitrogens with one attached hydrogen (secondary N) is 1. The van der Waals surface area contributed by atoms with E-state index in [4.69, 9.17) is 4.74 Å². The molecule has 28 heavy (non-hydrogen) atoms. The summed E-state index contributed by atoms with van der Waals surface area (Å²) in [5.74, 6) is 1.92.